The molecule has 0 spiro atoms. The van der Waals surface area contributed by atoms with Crippen LogP contribution in [-0.2, 0) is 17.7 Å². The predicted octanol–water partition coefficient (Wildman–Crippen LogP) is 4.34. The molecule has 3 aromatic rings. The molecule has 0 saturated carbocycles. The Morgan fingerprint density at radius 2 is 1.74 bits per heavy atom. The van der Waals surface area contributed by atoms with E-state index in [0.717, 1.165) is 56.8 Å². The van der Waals surface area contributed by atoms with Gasteiger partial charge < -0.3 is 20.7 Å². The number of amides is 2. The summed E-state index contributed by atoms with van der Waals surface area (Å²) in [6, 6.07) is 22.9. The van der Waals surface area contributed by atoms with Gasteiger partial charge in [-0.05, 0) is 53.8 Å². The number of morpholine rings is 1. The number of benzene rings is 3. The molecule has 0 radical (unpaired) electrons. The molecule has 1 aliphatic heterocycles. The summed E-state index contributed by atoms with van der Waals surface area (Å²) in [7, 11) is 0. The van der Waals surface area contributed by atoms with Crippen LogP contribution in [0.15, 0.2) is 66.7 Å². The number of rotatable bonds is 10. The van der Waals surface area contributed by atoms with Gasteiger partial charge >= 0.3 is 6.03 Å². The number of nitrogens with zero attached hydrogens (tertiary/aromatic N) is 2. The van der Waals surface area contributed by atoms with Crippen molar-refractivity contribution in [2.75, 3.05) is 45.9 Å². The Morgan fingerprint density at radius 3 is 2.51 bits per heavy atom. The Morgan fingerprint density at radius 1 is 1.03 bits per heavy atom. The number of fused-ring (bicyclic) bond motifs is 1. The van der Waals surface area contributed by atoms with Gasteiger partial charge in [-0.15, -0.1) is 0 Å². The van der Waals surface area contributed by atoms with Gasteiger partial charge in [-0.25, -0.2) is 4.79 Å². The van der Waals surface area contributed by atoms with E-state index in [1.54, 1.807) is 0 Å². The first kappa shape index (κ1) is 25.2. The van der Waals surface area contributed by atoms with E-state index in [1.165, 1.54) is 16.3 Å². The topological polar surface area (TPSA) is 70.8 Å². The van der Waals surface area contributed by atoms with Crippen LogP contribution in [0.4, 0.5) is 4.79 Å². The zero-order valence-electron chi connectivity index (χ0n) is 20.8. The number of urea groups is 1. The minimum Gasteiger partial charge on any atom is -0.379 e. The van der Waals surface area contributed by atoms with Crippen molar-refractivity contribution < 1.29 is 9.53 Å². The molecule has 3 aromatic carbocycles. The van der Waals surface area contributed by atoms with Crippen LogP contribution in [0.5, 0.6) is 0 Å². The molecule has 1 aliphatic rings. The van der Waals surface area contributed by atoms with Crippen LogP contribution < -0.4 is 11.1 Å². The second kappa shape index (κ2) is 12.7. The maximum absolute atomic E-state index is 13.5. The lowest BCUT2D eigenvalue weighted by Crippen LogP contribution is -2.43. The maximum atomic E-state index is 13.5. The van der Waals surface area contributed by atoms with Crippen molar-refractivity contribution in [3.05, 3.63) is 83.4 Å². The first-order valence-electron chi connectivity index (χ1n) is 12.7. The van der Waals surface area contributed by atoms with E-state index in [2.05, 4.69) is 71.7 Å². The number of ether oxygens (including phenoxy) is 1. The predicted molar refractivity (Wildman–Crippen MR) is 142 cm³/mol. The fourth-order valence-electron chi connectivity index (χ4n) is 4.74. The molecule has 1 heterocycles. The van der Waals surface area contributed by atoms with Crippen LogP contribution in [0.3, 0.4) is 0 Å². The highest BCUT2D eigenvalue weighted by atomic mass is 16.5. The van der Waals surface area contributed by atoms with Crippen LogP contribution in [0.2, 0.25) is 0 Å². The minimum atomic E-state index is -0.0951. The molecule has 3 N–H and O–H groups in total. The van der Waals surface area contributed by atoms with Crippen LogP contribution in [0.1, 0.15) is 36.1 Å². The van der Waals surface area contributed by atoms with Gasteiger partial charge in [-0.2, -0.15) is 0 Å². The molecule has 1 saturated heterocycles. The Hall–Kier alpha value is -2.93. The van der Waals surface area contributed by atoms with Gasteiger partial charge in [0.15, 0.2) is 0 Å². The summed E-state index contributed by atoms with van der Waals surface area (Å²) in [5.41, 5.74) is 9.18. The third-order valence-corrected chi connectivity index (χ3v) is 6.75. The van der Waals surface area contributed by atoms with Crippen molar-refractivity contribution >= 4 is 16.8 Å². The highest BCUT2D eigenvalue weighted by Crippen LogP contribution is 2.24. The molecular weight excluding hydrogens is 436 g/mol. The standard InChI is InChI=1S/C29H38N4O2/c1-23(27-9-4-7-26-6-2-3-8-28(26)27)31-29(34)33(17-5-16-32-18-20-35-21-19-32)22-25-12-10-24(11-13-25)14-15-30/h2-4,6-13,23H,5,14-22,30H2,1H3,(H,31,34). The van der Waals surface area contributed by atoms with Gasteiger partial charge in [-0.3, -0.25) is 4.90 Å². The molecular formula is C29H38N4O2. The van der Waals surface area contributed by atoms with E-state index in [1.807, 2.05) is 17.0 Å². The summed E-state index contributed by atoms with van der Waals surface area (Å²) in [5.74, 6) is 0. The van der Waals surface area contributed by atoms with E-state index in [-0.39, 0.29) is 12.1 Å². The highest BCUT2D eigenvalue weighted by Gasteiger charge is 2.19. The van der Waals surface area contributed by atoms with Crippen molar-refractivity contribution in [3.63, 3.8) is 0 Å². The van der Waals surface area contributed by atoms with Crippen LogP contribution >= 0.6 is 0 Å². The van der Waals surface area contributed by atoms with E-state index in [0.29, 0.717) is 19.6 Å². The SMILES string of the molecule is CC(NC(=O)N(CCCN1CCOCC1)Cc1ccc(CCN)cc1)c1cccc2ccccc12. The van der Waals surface area contributed by atoms with Crippen LogP contribution in [-0.4, -0.2) is 61.8 Å². The third kappa shape index (κ3) is 7.04. The van der Waals surface area contributed by atoms with Gasteiger partial charge in [0.05, 0.1) is 19.3 Å². The van der Waals surface area contributed by atoms with Crippen molar-refractivity contribution in [3.8, 4) is 0 Å². The fourth-order valence-corrected chi connectivity index (χ4v) is 4.74. The second-order valence-corrected chi connectivity index (χ2v) is 9.32. The molecule has 0 aromatic heterocycles. The van der Waals surface area contributed by atoms with Crippen LogP contribution in [0, 0.1) is 0 Å². The zero-order chi connectivity index (χ0) is 24.5. The Bertz CT molecular complexity index is 1070. The van der Waals surface area contributed by atoms with Gasteiger partial charge in [0.25, 0.3) is 0 Å². The Labute approximate surface area is 209 Å². The number of carbonyl (C=O) groups excluding carboxylic acids is 1. The molecule has 186 valence electrons. The third-order valence-electron chi connectivity index (χ3n) is 6.75. The molecule has 6 nitrogen and oxygen atoms in total. The van der Waals surface area contributed by atoms with Crippen molar-refractivity contribution in [1.82, 2.24) is 15.1 Å². The first-order valence-corrected chi connectivity index (χ1v) is 12.7. The summed E-state index contributed by atoms with van der Waals surface area (Å²) < 4.78 is 5.46. The van der Waals surface area contributed by atoms with E-state index >= 15 is 0 Å². The summed E-state index contributed by atoms with van der Waals surface area (Å²) >= 11 is 0. The lowest BCUT2D eigenvalue weighted by atomic mass is 10.00. The largest absolute Gasteiger partial charge is 0.379 e. The minimum absolute atomic E-state index is 0.0292. The second-order valence-electron chi connectivity index (χ2n) is 9.32. The number of hydrogen-bond donors (Lipinski definition) is 2. The molecule has 1 fully saturated rings. The molecule has 1 atom stereocenters. The number of hydrogen-bond acceptors (Lipinski definition) is 4. The monoisotopic (exact) mass is 474 g/mol. The van der Waals surface area contributed by atoms with Gasteiger partial charge in [0, 0.05) is 32.7 Å². The van der Waals surface area contributed by atoms with E-state index < -0.39 is 0 Å². The first-order chi connectivity index (χ1) is 17.1. The van der Waals surface area contributed by atoms with Crippen LogP contribution in [0.25, 0.3) is 10.8 Å². The maximum Gasteiger partial charge on any atom is 0.318 e. The highest BCUT2D eigenvalue weighted by molar-refractivity contribution is 5.86. The average Bonchev–Trinajstić information content (AvgIpc) is 2.89. The van der Waals surface area contributed by atoms with Gasteiger partial charge in [-0.1, -0.05) is 66.7 Å². The van der Waals surface area contributed by atoms with Crippen molar-refractivity contribution in [1.29, 1.82) is 0 Å². The summed E-state index contributed by atoms with van der Waals surface area (Å²) in [6.45, 7) is 8.48. The lowest BCUT2D eigenvalue weighted by molar-refractivity contribution is 0.0364. The Balaban J connectivity index is 1.44. The average molecular weight is 475 g/mol. The molecule has 0 bridgehead atoms. The smallest absolute Gasteiger partial charge is 0.318 e. The summed E-state index contributed by atoms with van der Waals surface area (Å²) in [4.78, 5) is 17.8. The van der Waals surface area contributed by atoms with Crippen molar-refractivity contribution in [2.45, 2.75) is 32.4 Å². The molecule has 2 amide bonds. The molecule has 4 rings (SSSR count). The molecule has 35 heavy (non-hydrogen) atoms. The summed E-state index contributed by atoms with van der Waals surface area (Å²) in [6.07, 6.45) is 1.80. The normalized spacial score (nSPS) is 15.1. The van der Waals surface area contributed by atoms with Crippen molar-refractivity contribution in [2.24, 2.45) is 5.73 Å². The van der Waals surface area contributed by atoms with Gasteiger partial charge in [0.2, 0.25) is 0 Å². The quantitative estimate of drug-likeness (QED) is 0.459. The molecule has 6 heteroatoms. The number of nitrogens with one attached hydrogen (secondary N) is 1. The Kier molecular flexibility index (Phi) is 9.12. The van der Waals surface area contributed by atoms with E-state index in [4.69, 9.17) is 10.5 Å². The molecule has 1 unspecified atom stereocenters. The van der Waals surface area contributed by atoms with Gasteiger partial charge in [0.1, 0.15) is 0 Å². The molecule has 0 aliphatic carbocycles. The summed E-state index contributed by atoms with van der Waals surface area (Å²) in [5, 5.41) is 5.63. The number of carbonyl (C=O) groups is 1. The fraction of sp³-hybridized carbons (Fsp3) is 0.414. The zero-order valence-corrected chi connectivity index (χ0v) is 20.8. The van der Waals surface area contributed by atoms with E-state index in [9.17, 15) is 4.79 Å². The number of nitrogens with two attached hydrogens (primary N) is 1. The lowest BCUT2D eigenvalue weighted by Gasteiger charge is -2.29.